The number of fused-ring (bicyclic) bond motifs is 1. The summed E-state index contributed by atoms with van der Waals surface area (Å²) < 4.78 is 20.3. The summed E-state index contributed by atoms with van der Waals surface area (Å²) in [5, 5.41) is 19.6. The number of aliphatic hydroxyl groups excluding tert-OH is 1. The predicted octanol–water partition coefficient (Wildman–Crippen LogP) is -2.79. The van der Waals surface area contributed by atoms with E-state index in [4.69, 9.17) is 10.5 Å². The summed E-state index contributed by atoms with van der Waals surface area (Å²) in [6.07, 6.45) is -3.85. The van der Waals surface area contributed by atoms with Crippen LogP contribution in [-0.2, 0) is 4.74 Å². The highest BCUT2D eigenvalue weighted by molar-refractivity contribution is 5.36. The first-order valence-corrected chi connectivity index (χ1v) is 5.62. The minimum Gasteiger partial charge on any atom is -0.387 e. The quantitative estimate of drug-likeness (QED) is 0.460. The van der Waals surface area contributed by atoms with Crippen LogP contribution in [0.5, 0.6) is 0 Å². The van der Waals surface area contributed by atoms with Crippen LogP contribution in [0.3, 0.4) is 0 Å². The summed E-state index contributed by atoms with van der Waals surface area (Å²) in [7, 11) is 0. The Morgan fingerprint density at radius 3 is 2.79 bits per heavy atom. The molecule has 9 heteroatoms. The number of aromatic nitrogens is 2. The molecule has 0 aromatic carbocycles. The Balaban J connectivity index is 2.02. The number of nitrogens with zero attached hydrogens (tertiary/aromatic N) is 1. The Hall–Kier alpha value is -1.55. The third-order valence-corrected chi connectivity index (χ3v) is 3.88. The van der Waals surface area contributed by atoms with Gasteiger partial charge in [-0.1, -0.05) is 0 Å². The molecular weight excluding hydrogens is 261 g/mol. The maximum absolute atomic E-state index is 14.2. The Labute approximate surface area is 105 Å². The van der Waals surface area contributed by atoms with Crippen molar-refractivity contribution in [3.8, 4) is 0 Å². The minimum atomic E-state index is -2.12. The zero-order chi connectivity index (χ0) is 14.0. The van der Waals surface area contributed by atoms with Crippen molar-refractivity contribution in [2.24, 2.45) is 5.73 Å². The van der Waals surface area contributed by atoms with Crippen LogP contribution < -0.4 is 17.0 Å². The van der Waals surface area contributed by atoms with Crippen molar-refractivity contribution in [3.63, 3.8) is 0 Å². The molecule has 104 valence electrons. The number of rotatable bonds is 2. The normalized spacial score (nSPS) is 44.1. The van der Waals surface area contributed by atoms with Gasteiger partial charge in [0.2, 0.25) is 0 Å². The van der Waals surface area contributed by atoms with Gasteiger partial charge < -0.3 is 20.7 Å². The summed E-state index contributed by atoms with van der Waals surface area (Å²) in [5.74, 6) is 0. The van der Waals surface area contributed by atoms with E-state index in [1.165, 1.54) is 0 Å². The van der Waals surface area contributed by atoms with Crippen molar-refractivity contribution in [1.82, 2.24) is 9.55 Å². The summed E-state index contributed by atoms with van der Waals surface area (Å²) in [6.45, 7) is -0.292. The SMILES string of the molecule is NC[C@]12O[C@@H](n3ccc(=O)[nH]c3=O)[C@H](F)[C@@]1(O)C2O. The highest BCUT2D eigenvalue weighted by atomic mass is 19.1. The Morgan fingerprint density at radius 1 is 1.58 bits per heavy atom. The van der Waals surface area contributed by atoms with Gasteiger partial charge in [-0.2, -0.15) is 0 Å². The van der Waals surface area contributed by atoms with E-state index in [2.05, 4.69) is 0 Å². The van der Waals surface area contributed by atoms with Gasteiger partial charge in [-0.25, -0.2) is 9.18 Å². The predicted molar refractivity (Wildman–Crippen MR) is 59.1 cm³/mol. The van der Waals surface area contributed by atoms with Gasteiger partial charge in [-0.3, -0.25) is 14.3 Å². The summed E-state index contributed by atoms with van der Waals surface area (Å²) in [4.78, 5) is 24.4. The molecule has 1 aliphatic heterocycles. The maximum atomic E-state index is 14.2. The molecule has 2 fully saturated rings. The Bertz CT molecular complexity index is 641. The van der Waals surface area contributed by atoms with Crippen LogP contribution >= 0.6 is 0 Å². The van der Waals surface area contributed by atoms with Gasteiger partial charge in [-0.15, -0.1) is 0 Å². The lowest BCUT2D eigenvalue weighted by Gasteiger charge is -2.21. The van der Waals surface area contributed by atoms with Crippen LogP contribution in [0.25, 0.3) is 0 Å². The van der Waals surface area contributed by atoms with E-state index in [-0.39, 0.29) is 6.54 Å². The average Bonchev–Trinajstić information content (AvgIpc) is 2.73. The summed E-state index contributed by atoms with van der Waals surface area (Å²) in [6, 6.07) is 1.02. The molecule has 1 saturated heterocycles. The number of hydrogen-bond acceptors (Lipinski definition) is 6. The zero-order valence-corrected chi connectivity index (χ0v) is 9.62. The lowest BCUT2D eigenvalue weighted by molar-refractivity contribution is -0.0904. The smallest absolute Gasteiger partial charge is 0.330 e. The molecule has 8 nitrogen and oxygen atoms in total. The molecule has 0 spiro atoms. The topological polar surface area (TPSA) is 131 Å². The fourth-order valence-electron chi connectivity index (χ4n) is 2.68. The first-order valence-electron chi connectivity index (χ1n) is 5.62. The van der Waals surface area contributed by atoms with Crippen LogP contribution in [0.1, 0.15) is 6.23 Å². The molecule has 5 atom stereocenters. The number of hydrogen-bond donors (Lipinski definition) is 4. The van der Waals surface area contributed by atoms with Crippen molar-refractivity contribution < 1.29 is 19.3 Å². The number of nitrogens with two attached hydrogens (primary N) is 1. The Kier molecular flexibility index (Phi) is 2.31. The van der Waals surface area contributed by atoms with E-state index in [1.807, 2.05) is 4.98 Å². The number of nitrogens with one attached hydrogen (secondary N) is 1. The second-order valence-electron chi connectivity index (χ2n) is 4.75. The van der Waals surface area contributed by atoms with Crippen LogP contribution in [0.2, 0.25) is 0 Å². The molecule has 3 rings (SSSR count). The van der Waals surface area contributed by atoms with Crippen LogP contribution in [0, 0.1) is 0 Å². The van der Waals surface area contributed by atoms with Crippen molar-refractivity contribution in [2.45, 2.75) is 29.7 Å². The largest absolute Gasteiger partial charge is 0.387 e. The second kappa shape index (κ2) is 3.51. The lowest BCUT2D eigenvalue weighted by atomic mass is 10.1. The number of aromatic amines is 1. The fourth-order valence-corrected chi connectivity index (χ4v) is 2.68. The monoisotopic (exact) mass is 273 g/mol. The zero-order valence-electron chi connectivity index (χ0n) is 9.62. The molecule has 5 N–H and O–H groups in total. The summed E-state index contributed by atoms with van der Waals surface area (Å²) >= 11 is 0. The van der Waals surface area contributed by atoms with E-state index in [1.54, 1.807) is 0 Å². The van der Waals surface area contributed by atoms with Gasteiger partial charge in [0.05, 0.1) is 0 Å². The molecule has 0 radical (unpaired) electrons. The molecule has 0 amide bonds. The fraction of sp³-hybridized carbons (Fsp3) is 0.600. The van der Waals surface area contributed by atoms with E-state index in [0.717, 1.165) is 16.8 Å². The number of ether oxygens (including phenoxy) is 1. The van der Waals surface area contributed by atoms with Crippen molar-refractivity contribution in [1.29, 1.82) is 0 Å². The van der Waals surface area contributed by atoms with Crippen LogP contribution in [-0.4, -0.2) is 49.8 Å². The molecule has 19 heavy (non-hydrogen) atoms. The van der Waals surface area contributed by atoms with Crippen molar-refractivity contribution >= 4 is 0 Å². The van der Waals surface area contributed by atoms with Gasteiger partial charge in [0.1, 0.15) is 11.7 Å². The first-order chi connectivity index (χ1) is 8.88. The minimum absolute atomic E-state index is 0.292. The molecule has 1 aliphatic carbocycles. The number of aliphatic hydroxyl groups is 2. The van der Waals surface area contributed by atoms with Gasteiger partial charge >= 0.3 is 5.69 Å². The van der Waals surface area contributed by atoms with E-state index in [9.17, 15) is 24.2 Å². The van der Waals surface area contributed by atoms with Gasteiger partial charge in [0, 0.05) is 18.8 Å². The standard InChI is InChI=1S/C10H12FN3O5/c11-5-6(14-2-1-4(15)13-8(14)17)19-9(3-12)7(16)10(5,9)18/h1-2,5-7,16,18H,3,12H2,(H,13,15,17)/t5-,6+,7?,9+,10+/m0/s1. The first kappa shape index (κ1) is 12.5. The highest BCUT2D eigenvalue weighted by Crippen LogP contribution is 2.62. The van der Waals surface area contributed by atoms with E-state index < -0.39 is 41.0 Å². The van der Waals surface area contributed by atoms with Gasteiger partial charge in [0.25, 0.3) is 5.56 Å². The molecule has 1 unspecified atom stereocenters. The van der Waals surface area contributed by atoms with Gasteiger partial charge in [-0.05, 0) is 0 Å². The number of alkyl halides is 1. The van der Waals surface area contributed by atoms with Crippen LogP contribution in [0.4, 0.5) is 4.39 Å². The van der Waals surface area contributed by atoms with E-state index in [0.29, 0.717) is 0 Å². The third kappa shape index (κ3) is 1.25. The number of H-pyrrole nitrogens is 1. The summed E-state index contributed by atoms with van der Waals surface area (Å²) in [5.41, 5.74) is 0.165. The van der Waals surface area contributed by atoms with E-state index >= 15 is 0 Å². The average molecular weight is 273 g/mol. The highest BCUT2D eigenvalue weighted by Gasteiger charge is 2.87. The number of halogens is 1. The Morgan fingerprint density at radius 2 is 2.26 bits per heavy atom. The second-order valence-corrected chi connectivity index (χ2v) is 4.75. The molecular formula is C10H12FN3O5. The van der Waals surface area contributed by atoms with Crippen LogP contribution in [0.15, 0.2) is 21.9 Å². The maximum Gasteiger partial charge on any atom is 0.330 e. The van der Waals surface area contributed by atoms with Crippen molar-refractivity contribution in [3.05, 3.63) is 33.1 Å². The van der Waals surface area contributed by atoms with Gasteiger partial charge in [0.15, 0.2) is 18.0 Å². The molecule has 2 aliphatic rings. The molecule has 1 aromatic rings. The van der Waals surface area contributed by atoms with Crippen molar-refractivity contribution in [2.75, 3.05) is 6.54 Å². The molecule has 1 aromatic heterocycles. The third-order valence-electron chi connectivity index (χ3n) is 3.88. The lowest BCUT2D eigenvalue weighted by Crippen LogP contribution is -2.39. The molecule has 1 saturated carbocycles. The molecule has 2 heterocycles. The molecule has 0 bridgehead atoms.